The summed E-state index contributed by atoms with van der Waals surface area (Å²) < 4.78 is 10.7. The van der Waals surface area contributed by atoms with Crippen molar-refractivity contribution in [1.82, 2.24) is 0 Å². The molecule has 0 N–H and O–H groups in total. The van der Waals surface area contributed by atoms with E-state index in [4.69, 9.17) is 9.47 Å². The van der Waals surface area contributed by atoms with E-state index in [0.29, 0.717) is 11.3 Å². The molecule has 0 saturated carbocycles. The SMILES string of the molecule is COc1ccc(C(C(C)=O)c2c(N(C(=O)OC(C)(C)C)C(C)C(C)(C)C)c(=O)c2=O)cc1. The van der Waals surface area contributed by atoms with E-state index in [2.05, 4.69) is 0 Å². The third-order valence-electron chi connectivity index (χ3n) is 5.54. The minimum atomic E-state index is -0.974. The molecule has 2 unspecified atom stereocenters. The molecule has 0 heterocycles. The van der Waals surface area contributed by atoms with Gasteiger partial charge in [0, 0.05) is 11.6 Å². The lowest BCUT2D eigenvalue weighted by Gasteiger charge is -2.40. The molecule has 0 aliphatic carbocycles. The molecule has 1 amide bonds. The number of amides is 1. The second kappa shape index (κ2) is 8.88. The summed E-state index contributed by atoms with van der Waals surface area (Å²) in [4.78, 5) is 52.6. The molecule has 0 aliphatic heterocycles. The van der Waals surface area contributed by atoms with Crippen molar-refractivity contribution in [3.8, 4) is 5.75 Å². The van der Waals surface area contributed by atoms with Gasteiger partial charge in [0.25, 0.3) is 0 Å². The van der Waals surface area contributed by atoms with Crippen LogP contribution < -0.4 is 20.5 Å². The molecule has 32 heavy (non-hydrogen) atoms. The fraction of sp³-hybridized carbons (Fsp3) is 0.520. The highest BCUT2D eigenvalue weighted by Gasteiger charge is 2.42. The van der Waals surface area contributed by atoms with Crippen LogP contribution >= 0.6 is 0 Å². The Hall–Kier alpha value is -2.96. The maximum Gasteiger partial charge on any atom is 0.415 e. The molecule has 0 radical (unpaired) electrons. The summed E-state index contributed by atoms with van der Waals surface area (Å²) in [6, 6.07) is 6.23. The van der Waals surface area contributed by atoms with E-state index in [1.165, 1.54) is 18.9 Å². The van der Waals surface area contributed by atoms with Crippen LogP contribution in [0.4, 0.5) is 10.5 Å². The summed E-state index contributed by atoms with van der Waals surface area (Å²) >= 11 is 0. The number of rotatable bonds is 6. The Balaban J connectivity index is 2.70. The second-order valence-corrected chi connectivity index (χ2v) is 10.1. The van der Waals surface area contributed by atoms with E-state index in [0.717, 1.165) is 0 Å². The van der Waals surface area contributed by atoms with Gasteiger partial charge in [-0.2, -0.15) is 0 Å². The molecule has 0 aliphatic rings. The van der Waals surface area contributed by atoms with Crippen LogP contribution in [0.1, 0.15) is 72.4 Å². The van der Waals surface area contributed by atoms with Crippen LogP contribution in [-0.2, 0) is 9.53 Å². The van der Waals surface area contributed by atoms with Crippen LogP contribution in [0.25, 0.3) is 0 Å². The van der Waals surface area contributed by atoms with E-state index < -0.39 is 39.9 Å². The van der Waals surface area contributed by atoms with Crippen molar-refractivity contribution in [1.29, 1.82) is 0 Å². The van der Waals surface area contributed by atoms with Gasteiger partial charge in [-0.25, -0.2) is 4.79 Å². The minimum Gasteiger partial charge on any atom is -0.497 e. The van der Waals surface area contributed by atoms with Gasteiger partial charge in [0.05, 0.1) is 13.0 Å². The number of carbonyl (C=O) groups excluding carboxylic acids is 2. The first-order valence-electron chi connectivity index (χ1n) is 10.6. The number of benzene rings is 1. The van der Waals surface area contributed by atoms with Crippen molar-refractivity contribution in [2.45, 2.75) is 73.0 Å². The number of methoxy groups -OCH3 is 1. The molecule has 2 rings (SSSR count). The highest BCUT2D eigenvalue weighted by Crippen LogP contribution is 2.36. The van der Waals surface area contributed by atoms with Crippen LogP contribution in [0, 0.1) is 5.41 Å². The molecule has 7 nitrogen and oxygen atoms in total. The zero-order valence-electron chi connectivity index (χ0n) is 20.4. The van der Waals surface area contributed by atoms with Gasteiger partial charge in [0.15, 0.2) is 0 Å². The first-order valence-corrected chi connectivity index (χ1v) is 10.6. The van der Waals surface area contributed by atoms with Crippen molar-refractivity contribution < 1.29 is 19.1 Å². The molecule has 0 aromatic heterocycles. The third kappa shape index (κ3) is 5.09. The molecule has 0 bridgehead atoms. The van der Waals surface area contributed by atoms with Crippen LogP contribution in [0.15, 0.2) is 33.9 Å². The number of hydrogen-bond acceptors (Lipinski definition) is 6. The van der Waals surface area contributed by atoms with Gasteiger partial charge < -0.3 is 9.47 Å². The van der Waals surface area contributed by atoms with Crippen molar-refractivity contribution in [3.63, 3.8) is 0 Å². The van der Waals surface area contributed by atoms with Crippen LogP contribution in [0.3, 0.4) is 0 Å². The zero-order chi connectivity index (χ0) is 24.6. The molecule has 2 aromatic carbocycles. The van der Waals surface area contributed by atoms with Crippen LogP contribution in [0.5, 0.6) is 5.75 Å². The second-order valence-electron chi connectivity index (χ2n) is 10.1. The standard InChI is InChI=1S/C25H33NO6/c1-14(27)18(16-10-12-17(31-9)13-11-16)19-20(22(29)21(19)28)26(15(2)24(3,4)5)23(30)32-25(6,7)8/h10-13,15,18H,1-9H3. The Labute approximate surface area is 189 Å². The molecule has 0 spiro atoms. The fourth-order valence-electron chi connectivity index (χ4n) is 3.45. The average molecular weight is 444 g/mol. The Bertz CT molecular complexity index is 1060. The Morgan fingerprint density at radius 1 is 0.938 bits per heavy atom. The molecule has 2 atom stereocenters. The van der Waals surface area contributed by atoms with Gasteiger partial charge in [-0.05, 0) is 57.7 Å². The predicted octanol–water partition coefficient (Wildman–Crippen LogP) is 4.19. The quantitative estimate of drug-likeness (QED) is 0.622. The lowest BCUT2D eigenvalue weighted by atomic mass is 9.81. The zero-order valence-corrected chi connectivity index (χ0v) is 20.4. The summed E-state index contributed by atoms with van der Waals surface area (Å²) in [5.41, 5.74) is -2.29. The number of ketones is 1. The molecular weight excluding hydrogens is 410 g/mol. The van der Waals surface area contributed by atoms with Gasteiger partial charge in [-0.3, -0.25) is 19.3 Å². The molecule has 0 saturated heterocycles. The summed E-state index contributed by atoms with van der Waals surface area (Å²) in [6.07, 6.45) is -0.731. The number of ether oxygens (including phenoxy) is 2. The largest absolute Gasteiger partial charge is 0.497 e. The van der Waals surface area contributed by atoms with Crippen molar-refractivity contribution >= 4 is 17.6 Å². The first kappa shape index (κ1) is 25.3. The van der Waals surface area contributed by atoms with Crippen molar-refractivity contribution in [2.75, 3.05) is 12.0 Å². The van der Waals surface area contributed by atoms with Gasteiger partial charge >= 0.3 is 6.09 Å². The average Bonchev–Trinajstić information content (AvgIpc) is 2.67. The summed E-state index contributed by atoms with van der Waals surface area (Å²) in [7, 11) is 1.53. The van der Waals surface area contributed by atoms with Gasteiger partial charge in [-0.1, -0.05) is 32.9 Å². The topological polar surface area (TPSA) is 90.0 Å². The Morgan fingerprint density at radius 3 is 1.88 bits per heavy atom. The number of anilines is 1. The smallest absolute Gasteiger partial charge is 0.415 e. The van der Waals surface area contributed by atoms with Gasteiger partial charge in [0.1, 0.15) is 22.8 Å². The molecule has 0 fully saturated rings. The summed E-state index contributed by atoms with van der Waals surface area (Å²) in [6.45, 7) is 14.1. The molecular formula is C25H33NO6. The number of hydrogen-bond donors (Lipinski definition) is 0. The highest BCUT2D eigenvalue weighted by molar-refractivity contribution is 5.95. The minimum absolute atomic E-state index is 0.0228. The summed E-state index contributed by atoms with van der Waals surface area (Å²) in [5.74, 6) is -0.688. The van der Waals surface area contributed by atoms with E-state index in [1.807, 2.05) is 20.8 Å². The van der Waals surface area contributed by atoms with Gasteiger partial charge in [0.2, 0.25) is 10.9 Å². The maximum absolute atomic E-state index is 13.2. The maximum atomic E-state index is 13.2. The first-order chi connectivity index (χ1) is 14.6. The Morgan fingerprint density at radius 2 is 1.47 bits per heavy atom. The van der Waals surface area contributed by atoms with Crippen molar-refractivity contribution in [3.05, 3.63) is 55.8 Å². The normalized spacial score (nSPS) is 14.0. The molecule has 174 valence electrons. The van der Waals surface area contributed by atoms with E-state index >= 15 is 0 Å². The monoisotopic (exact) mass is 443 g/mol. The number of nitrogens with zero attached hydrogens (tertiary/aromatic N) is 1. The van der Waals surface area contributed by atoms with E-state index in [9.17, 15) is 19.2 Å². The third-order valence-corrected chi connectivity index (χ3v) is 5.54. The van der Waals surface area contributed by atoms with Gasteiger partial charge in [-0.15, -0.1) is 0 Å². The summed E-state index contributed by atoms with van der Waals surface area (Å²) in [5, 5.41) is 0. The lowest BCUT2D eigenvalue weighted by Crippen LogP contribution is -2.55. The Kier molecular flexibility index (Phi) is 7.02. The number of carbonyl (C=O) groups is 2. The number of Topliss-reactive ketones (excluding diaryl/α,β-unsaturated/α-hetero) is 1. The van der Waals surface area contributed by atoms with Crippen molar-refractivity contribution in [2.24, 2.45) is 5.41 Å². The predicted molar refractivity (Wildman–Crippen MR) is 125 cm³/mol. The van der Waals surface area contributed by atoms with Crippen LogP contribution in [-0.4, -0.2) is 30.6 Å². The fourth-order valence-corrected chi connectivity index (χ4v) is 3.45. The molecule has 7 heteroatoms. The van der Waals surface area contributed by atoms with Crippen LogP contribution in [0.2, 0.25) is 0 Å². The molecule has 2 aromatic rings. The van der Waals surface area contributed by atoms with E-state index in [-0.39, 0.29) is 17.0 Å². The van der Waals surface area contributed by atoms with E-state index in [1.54, 1.807) is 52.0 Å². The highest BCUT2D eigenvalue weighted by atomic mass is 16.6. The lowest BCUT2D eigenvalue weighted by molar-refractivity contribution is -0.117.